The molecule has 0 radical (unpaired) electrons. The van der Waals surface area contributed by atoms with Crippen LogP contribution in [-0.2, 0) is 0 Å². The van der Waals surface area contributed by atoms with Crippen LogP contribution < -0.4 is 31.0 Å². The van der Waals surface area contributed by atoms with E-state index in [-0.39, 0.29) is 11.5 Å². The molecule has 6 N–H and O–H groups in total. The number of aromatic amines is 2. The third-order valence-electron chi connectivity index (χ3n) is 5.61. The summed E-state index contributed by atoms with van der Waals surface area (Å²) in [5, 5.41) is 15.6. The molecule has 11 nitrogen and oxygen atoms in total. The maximum atomic E-state index is 12.7. The fourth-order valence-electron chi connectivity index (χ4n) is 3.89. The summed E-state index contributed by atoms with van der Waals surface area (Å²) >= 11 is 0. The highest BCUT2D eigenvalue weighted by atomic mass is 16.5. The van der Waals surface area contributed by atoms with Crippen molar-refractivity contribution in [1.82, 2.24) is 19.7 Å². The number of methoxy groups -OCH3 is 1. The van der Waals surface area contributed by atoms with Crippen LogP contribution >= 0.6 is 0 Å². The van der Waals surface area contributed by atoms with Gasteiger partial charge in [0.15, 0.2) is 17.3 Å². The lowest BCUT2D eigenvalue weighted by Crippen LogP contribution is -2.16. The molecule has 1 aliphatic rings. The highest BCUT2D eigenvalue weighted by Gasteiger charge is 2.25. The molecule has 0 amide bonds. The molecule has 2 aromatic carbocycles. The molecule has 4 aromatic rings. The molecular weight excluding hydrogens is 450 g/mol. The van der Waals surface area contributed by atoms with E-state index in [0.717, 1.165) is 17.7 Å². The fraction of sp³-hybridized carbons (Fsp3) is 0.208. The molecule has 180 valence electrons. The lowest BCUT2D eigenvalue weighted by atomic mass is 10.0. The first kappa shape index (κ1) is 22.1. The molecule has 3 heterocycles. The Kier molecular flexibility index (Phi) is 5.88. The van der Waals surface area contributed by atoms with Gasteiger partial charge in [0.1, 0.15) is 17.7 Å². The number of nitrogens with one attached hydrogen (secondary N) is 4. The molecule has 0 saturated heterocycles. The quantitative estimate of drug-likeness (QED) is 0.203. The van der Waals surface area contributed by atoms with Gasteiger partial charge in [0.2, 0.25) is 5.75 Å². The molecule has 0 fully saturated rings. The van der Waals surface area contributed by atoms with Crippen LogP contribution in [0, 0.1) is 5.41 Å². The number of fused-ring (bicyclic) bond motifs is 1. The van der Waals surface area contributed by atoms with Crippen molar-refractivity contribution in [2.24, 2.45) is 5.73 Å². The molecule has 0 aliphatic carbocycles. The van der Waals surface area contributed by atoms with E-state index in [1.165, 1.54) is 4.68 Å². The summed E-state index contributed by atoms with van der Waals surface area (Å²) in [6, 6.07) is 13.8. The second kappa shape index (κ2) is 9.29. The van der Waals surface area contributed by atoms with Crippen molar-refractivity contribution in [3.63, 3.8) is 0 Å². The van der Waals surface area contributed by atoms with Gasteiger partial charge in [0.05, 0.1) is 20.3 Å². The standard InChI is InChI=1S/C24H25N7O4/c1-33-17-12-15(13-18-21(17)35-11-3-10-34-18)20(28-16-7-5-14(6-8-16)22(25)26)23-29-24(32)31(30-23)19-4-2-9-27-19/h2,4-9,12-13,20,27-28H,3,10-11H2,1H3,(H3,25,26)(H,29,30,32). The minimum Gasteiger partial charge on any atom is -0.493 e. The second-order valence-corrected chi connectivity index (χ2v) is 7.95. The number of amidine groups is 1. The van der Waals surface area contributed by atoms with Gasteiger partial charge in [-0.1, -0.05) is 0 Å². The van der Waals surface area contributed by atoms with E-state index in [1.54, 1.807) is 37.6 Å². The van der Waals surface area contributed by atoms with Crippen LogP contribution in [0.2, 0.25) is 0 Å². The number of nitrogen functional groups attached to an aromatic ring is 1. The molecule has 11 heteroatoms. The van der Waals surface area contributed by atoms with Crippen molar-refractivity contribution >= 4 is 11.5 Å². The Morgan fingerprint density at radius 3 is 2.74 bits per heavy atom. The number of anilines is 1. The Bertz CT molecular complexity index is 1390. The first-order valence-corrected chi connectivity index (χ1v) is 11.0. The van der Waals surface area contributed by atoms with E-state index in [1.807, 2.05) is 24.3 Å². The van der Waals surface area contributed by atoms with Crippen LogP contribution in [0.1, 0.15) is 29.4 Å². The van der Waals surface area contributed by atoms with Crippen LogP contribution in [0.3, 0.4) is 0 Å². The number of nitrogens with two attached hydrogens (primary N) is 1. The lowest BCUT2D eigenvalue weighted by molar-refractivity contribution is 0.289. The Morgan fingerprint density at radius 1 is 1.23 bits per heavy atom. The Labute approximate surface area is 200 Å². The van der Waals surface area contributed by atoms with Crippen LogP contribution in [0.15, 0.2) is 59.5 Å². The van der Waals surface area contributed by atoms with E-state index < -0.39 is 6.04 Å². The van der Waals surface area contributed by atoms with E-state index in [9.17, 15) is 4.79 Å². The maximum Gasteiger partial charge on any atom is 0.349 e. The normalized spacial score (nSPS) is 13.6. The molecule has 2 aromatic heterocycles. The van der Waals surface area contributed by atoms with E-state index in [2.05, 4.69) is 20.4 Å². The molecule has 1 atom stereocenters. The smallest absolute Gasteiger partial charge is 0.349 e. The molecule has 35 heavy (non-hydrogen) atoms. The lowest BCUT2D eigenvalue weighted by Gasteiger charge is -2.21. The molecule has 1 unspecified atom stereocenters. The monoisotopic (exact) mass is 475 g/mol. The average molecular weight is 476 g/mol. The number of hydrogen-bond donors (Lipinski definition) is 5. The summed E-state index contributed by atoms with van der Waals surface area (Å²) in [7, 11) is 1.57. The molecule has 1 aliphatic heterocycles. The van der Waals surface area contributed by atoms with Gasteiger partial charge in [-0.3, -0.25) is 10.4 Å². The zero-order chi connectivity index (χ0) is 24.4. The third kappa shape index (κ3) is 4.43. The highest BCUT2D eigenvalue weighted by Crippen LogP contribution is 2.42. The van der Waals surface area contributed by atoms with Crippen LogP contribution in [-0.4, -0.2) is 45.9 Å². The maximum absolute atomic E-state index is 12.7. The fourth-order valence-corrected chi connectivity index (χ4v) is 3.89. The number of H-pyrrole nitrogens is 2. The summed E-state index contributed by atoms with van der Waals surface area (Å²) in [5.74, 6) is 2.53. The van der Waals surface area contributed by atoms with Gasteiger partial charge in [-0.2, -0.15) is 4.68 Å². The van der Waals surface area contributed by atoms with Gasteiger partial charge in [0.25, 0.3) is 0 Å². The van der Waals surface area contributed by atoms with Crippen LogP contribution in [0.4, 0.5) is 5.69 Å². The predicted molar refractivity (Wildman–Crippen MR) is 130 cm³/mol. The van der Waals surface area contributed by atoms with Gasteiger partial charge >= 0.3 is 5.69 Å². The molecule has 0 bridgehead atoms. The Hall–Kier alpha value is -4.67. The van der Waals surface area contributed by atoms with Gasteiger partial charge < -0.3 is 30.2 Å². The van der Waals surface area contributed by atoms with Crippen molar-refractivity contribution in [2.75, 3.05) is 25.6 Å². The highest BCUT2D eigenvalue weighted by molar-refractivity contribution is 5.95. The van der Waals surface area contributed by atoms with Crippen molar-refractivity contribution in [2.45, 2.75) is 12.5 Å². The van der Waals surface area contributed by atoms with Gasteiger partial charge in [-0.05, 0) is 54.1 Å². The van der Waals surface area contributed by atoms with Crippen LogP contribution in [0.5, 0.6) is 17.2 Å². The number of hydrogen-bond acceptors (Lipinski definition) is 7. The average Bonchev–Trinajstić information content (AvgIpc) is 3.46. The number of ether oxygens (including phenoxy) is 3. The van der Waals surface area contributed by atoms with Crippen molar-refractivity contribution in [1.29, 1.82) is 5.41 Å². The van der Waals surface area contributed by atoms with E-state index >= 15 is 0 Å². The summed E-state index contributed by atoms with van der Waals surface area (Å²) < 4.78 is 18.6. The number of aromatic nitrogens is 4. The molecular formula is C24H25N7O4. The number of nitrogens with zero attached hydrogens (tertiary/aromatic N) is 2. The molecule has 0 saturated carbocycles. The summed E-state index contributed by atoms with van der Waals surface area (Å²) in [6.45, 7) is 1.04. The minimum absolute atomic E-state index is 0.0187. The topological polar surface area (TPSA) is 156 Å². The first-order valence-electron chi connectivity index (χ1n) is 11.0. The van der Waals surface area contributed by atoms with Crippen molar-refractivity contribution in [3.05, 3.63) is 82.2 Å². The SMILES string of the molecule is COc1cc(C(Nc2ccc(C(=N)N)cc2)c2nn(-c3ccc[nH]3)c(=O)[nH]2)cc2c1OCCCO2. The summed E-state index contributed by atoms with van der Waals surface area (Å²) in [6.07, 6.45) is 2.47. The van der Waals surface area contributed by atoms with Gasteiger partial charge in [-0.25, -0.2) is 4.79 Å². The zero-order valence-corrected chi connectivity index (χ0v) is 19.0. The zero-order valence-electron chi connectivity index (χ0n) is 19.0. The van der Waals surface area contributed by atoms with Crippen molar-refractivity contribution < 1.29 is 14.2 Å². The largest absolute Gasteiger partial charge is 0.493 e. The molecule has 5 rings (SSSR count). The van der Waals surface area contributed by atoms with E-state index in [4.69, 9.17) is 25.4 Å². The first-order chi connectivity index (χ1) is 17.0. The minimum atomic E-state index is -0.576. The number of rotatable bonds is 7. The number of benzene rings is 2. The van der Waals surface area contributed by atoms with Gasteiger partial charge in [0, 0.05) is 23.9 Å². The third-order valence-corrected chi connectivity index (χ3v) is 5.61. The second-order valence-electron chi connectivity index (χ2n) is 7.95. The predicted octanol–water partition coefficient (Wildman–Crippen LogP) is 2.54. The van der Waals surface area contributed by atoms with Crippen LogP contribution in [0.25, 0.3) is 5.82 Å². The van der Waals surface area contributed by atoms with Crippen molar-refractivity contribution in [3.8, 4) is 23.1 Å². The summed E-state index contributed by atoms with van der Waals surface area (Å²) in [5.41, 5.74) is 7.29. The molecule has 0 spiro atoms. The van der Waals surface area contributed by atoms with E-state index in [0.29, 0.717) is 47.7 Å². The Balaban J connectivity index is 1.60. The Morgan fingerprint density at radius 2 is 2.03 bits per heavy atom. The van der Waals surface area contributed by atoms with Gasteiger partial charge in [-0.15, -0.1) is 5.10 Å². The summed E-state index contributed by atoms with van der Waals surface area (Å²) in [4.78, 5) is 18.6.